The zero-order valence-electron chi connectivity index (χ0n) is 16.5. The van der Waals surface area contributed by atoms with E-state index < -0.39 is 36.9 Å². The van der Waals surface area contributed by atoms with Gasteiger partial charge in [-0.3, -0.25) is 14.4 Å². The Hall–Kier alpha value is -3.17. The van der Waals surface area contributed by atoms with E-state index in [-0.39, 0.29) is 11.5 Å². The molecule has 0 bridgehead atoms. The molecule has 8 nitrogen and oxygen atoms in total. The van der Waals surface area contributed by atoms with Crippen molar-refractivity contribution >= 4 is 41.0 Å². The number of esters is 1. The standard InChI is InChI=1S/C21H22N2O6S/c1-13(25)22-16-10-15(8-9-19(16)30-2)18(26)12-29-21(28)17(11-24)23-20(27)14-6-4-3-5-7-14/h3-10,17,24H,11-12H2,1-2H3,(H,22,25)(H,23,27). The minimum absolute atomic E-state index is 0.248. The SMILES string of the molecule is CSc1ccc(C(=O)COC(=O)C(CO)NC(=O)c2ccccc2)cc1NC(C)=O. The van der Waals surface area contributed by atoms with Gasteiger partial charge >= 0.3 is 5.97 Å². The summed E-state index contributed by atoms with van der Waals surface area (Å²) in [6, 6.07) is 11.6. The molecule has 0 saturated carbocycles. The lowest BCUT2D eigenvalue weighted by molar-refractivity contribution is -0.145. The smallest absolute Gasteiger partial charge is 0.331 e. The number of thioether (sulfide) groups is 1. The Balaban J connectivity index is 1.99. The van der Waals surface area contributed by atoms with Crippen molar-refractivity contribution in [2.75, 3.05) is 24.8 Å². The van der Waals surface area contributed by atoms with Gasteiger partial charge in [-0.2, -0.15) is 0 Å². The third kappa shape index (κ3) is 6.43. The Morgan fingerprint density at radius 2 is 1.77 bits per heavy atom. The van der Waals surface area contributed by atoms with Crippen molar-refractivity contribution < 1.29 is 29.0 Å². The maximum atomic E-state index is 12.4. The molecule has 2 rings (SSSR count). The van der Waals surface area contributed by atoms with Gasteiger partial charge in [-0.05, 0) is 30.5 Å². The molecule has 0 aliphatic rings. The van der Waals surface area contributed by atoms with Crippen molar-refractivity contribution in [2.24, 2.45) is 0 Å². The van der Waals surface area contributed by atoms with Crippen LogP contribution in [0.1, 0.15) is 27.6 Å². The van der Waals surface area contributed by atoms with Crippen LogP contribution in [-0.2, 0) is 14.3 Å². The lowest BCUT2D eigenvalue weighted by Crippen LogP contribution is -2.44. The number of aliphatic hydroxyl groups is 1. The van der Waals surface area contributed by atoms with Gasteiger partial charge in [0.2, 0.25) is 5.91 Å². The summed E-state index contributed by atoms with van der Waals surface area (Å²) in [5, 5.41) is 14.4. The van der Waals surface area contributed by atoms with Crippen molar-refractivity contribution in [1.29, 1.82) is 0 Å². The van der Waals surface area contributed by atoms with E-state index in [4.69, 9.17) is 4.74 Å². The topological polar surface area (TPSA) is 122 Å². The number of hydrogen-bond acceptors (Lipinski definition) is 7. The van der Waals surface area contributed by atoms with Crippen molar-refractivity contribution in [2.45, 2.75) is 17.9 Å². The second kappa shape index (κ2) is 11.1. The molecular formula is C21H22N2O6S. The van der Waals surface area contributed by atoms with Crippen LogP contribution < -0.4 is 10.6 Å². The Kier molecular flexibility index (Phi) is 8.57. The number of carbonyl (C=O) groups is 4. The maximum Gasteiger partial charge on any atom is 0.331 e. The molecule has 2 aromatic rings. The lowest BCUT2D eigenvalue weighted by atomic mass is 10.1. The summed E-state index contributed by atoms with van der Waals surface area (Å²) >= 11 is 1.41. The molecule has 2 aromatic carbocycles. The van der Waals surface area contributed by atoms with E-state index in [1.54, 1.807) is 42.5 Å². The third-order valence-electron chi connectivity index (χ3n) is 3.99. The molecule has 0 aliphatic heterocycles. The van der Waals surface area contributed by atoms with Gasteiger partial charge in [0.05, 0.1) is 12.3 Å². The average Bonchev–Trinajstić information content (AvgIpc) is 2.75. The highest BCUT2D eigenvalue weighted by Gasteiger charge is 2.23. The molecular weight excluding hydrogens is 408 g/mol. The number of rotatable bonds is 9. The van der Waals surface area contributed by atoms with Crippen LogP contribution in [-0.4, -0.2) is 54.2 Å². The molecule has 0 saturated heterocycles. The number of Topliss-reactive ketones (excluding diaryl/α,β-unsaturated/α-hetero) is 1. The maximum absolute atomic E-state index is 12.4. The summed E-state index contributed by atoms with van der Waals surface area (Å²) < 4.78 is 4.97. The Bertz CT molecular complexity index is 932. The zero-order chi connectivity index (χ0) is 22.1. The summed E-state index contributed by atoms with van der Waals surface area (Å²) in [6.07, 6.45) is 1.84. The Labute approximate surface area is 178 Å². The fourth-order valence-electron chi connectivity index (χ4n) is 2.50. The quantitative estimate of drug-likeness (QED) is 0.315. The van der Waals surface area contributed by atoms with Gasteiger partial charge in [0, 0.05) is 22.9 Å². The van der Waals surface area contributed by atoms with Gasteiger partial charge in [-0.25, -0.2) is 4.79 Å². The lowest BCUT2D eigenvalue weighted by Gasteiger charge is -2.15. The molecule has 9 heteroatoms. The van der Waals surface area contributed by atoms with Crippen LogP contribution in [0, 0.1) is 0 Å². The fourth-order valence-corrected chi connectivity index (χ4v) is 3.03. The number of ether oxygens (including phenoxy) is 1. The van der Waals surface area contributed by atoms with Gasteiger partial charge in [-0.15, -0.1) is 11.8 Å². The number of aliphatic hydroxyl groups excluding tert-OH is 1. The van der Waals surface area contributed by atoms with E-state index in [1.807, 2.05) is 6.26 Å². The van der Waals surface area contributed by atoms with Crippen LogP contribution in [0.2, 0.25) is 0 Å². The number of anilines is 1. The van der Waals surface area contributed by atoms with E-state index in [1.165, 1.54) is 24.8 Å². The number of amides is 2. The first-order valence-corrected chi connectivity index (χ1v) is 10.2. The molecule has 30 heavy (non-hydrogen) atoms. The van der Waals surface area contributed by atoms with Crippen LogP contribution >= 0.6 is 11.8 Å². The van der Waals surface area contributed by atoms with Gasteiger partial charge in [-0.1, -0.05) is 24.3 Å². The molecule has 1 unspecified atom stereocenters. The van der Waals surface area contributed by atoms with E-state index in [0.29, 0.717) is 11.3 Å². The summed E-state index contributed by atoms with van der Waals surface area (Å²) in [4.78, 5) is 48.8. The average molecular weight is 430 g/mol. The van der Waals surface area contributed by atoms with E-state index in [2.05, 4.69) is 10.6 Å². The van der Waals surface area contributed by atoms with Crippen molar-refractivity contribution in [3.8, 4) is 0 Å². The summed E-state index contributed by atoms with van der Waals surface area (Å²) in [7, 11) is 0. The molecule has 0 radical (unpaired) electrons. The van der Waals surface area contributed by atoms with Gasteiger partial charge < -0.3 is 20.5 Å². The van der Waals surface area contributed by atoms with Gasteiger partial charge in [0.25, 0.3) is 5.91 Å². The Morgan fingerprint density at radius 3 is 2.37 bits per heavy atom. The highest BCUT2D eigenvalue weighted by Crippen LogP contribution is 2.26. The fraction of sp³-hybridized carbons (Fsp3) is 0.238. The highest BCUT2D eigenvalue weighted by atomic mass is 32.2. The molecule has 0 heterocycles. The van der Waals surface area contributed by atoms with Gasteiger partial charge in [0.15, 0.2) is 18.4 Å². The molecule has 0 aliphatic carbocycles. The Morgan fingerprint density at radius 1 is 1.07 bits per heavy atom. The third-order valence-corrected chi connectivity index (χ3v) is 4.78. The van der Waals surface area contributed by atoms with Crippen LogP contribution in [0.4, 0.5) is 5.69 Å². The van der Waals surface area contributed by atoms with Crippen molar-refractivity contribution in [1.82, 2.24) is 5.32 Å². The van der Waals surface area contributed by atoms with Crippen LogP contribution in [0.3, 0.4) is 0 Å². The van der Waals surface area contributed by atoms with E-state index in [9.17, 15) is 24.3 Å². The molecule has 3 N–H and O–H groups in total. The van der Waals surface area contributed by atoms with Crippen LogP contribution in [0.15, 0.2) is 53.4 Å². The number of nitrogens with one attached hydrogen (secondary N) is 2. The second-order valence-electron chi connectivity index (χ2n) is 6.20. The molecule has 158 valence electrons. The zero-order valence-corrected chi connectivity index (χ0v) is 17.3. The first-order valence-electron chi connectivity index (χ1n) is 8.98. The number of ketones is 1. The van der Waals surface area contributed by atoms with Gasteiger partial charge in [0.1, 0.15) is 0 Å². The largest absolute Gasteiger partial charge is 0.456 e. The van der Waals surface area contributed by atoms with Crippen molar-refractivity contribution in [3.63, 3.8) is 0 Å². The number of hydrogen-bond donors (Lipinski definition) is 3. The normalized spacial score (nSPS) is 11.3. The molecule has 0 aromatic heterocycles. The first-order chi connectivity index (χ1) is 14.3. The minimum atomic E-state index is -1.31. The molecule has 2 amide bonds. The minimum Gasteiger partial charge on any atom is -0.456 e. The predicted molar refractivity (Wildman–Crippen MR) is 113 cm³/mol. The number of benzene rings is 2. The summed E-state index contributed by atoms with van der Waals surface area (Å²) in [5.41, 5.74) is 1.05. The molecule has 1 atom stereocenters. The van der Waals surface area contributed by atoms with E-state index in [0.717, 1.165) is 4.90 Å². The van der Waals surface area contributed by atoms with Crippen LogP contribution in [0.5, 0.6) is 0 Å². The summed E-state index contributed by atoms with van der Waals surface area (Å²) in [5.74, 6) is -2.25. The monoisotopic (exact) mass is 430 g/mol. The highest BCUT2D eigenvalue weighted by molar-refractivity contribution is 7.98. The number of carbonyl (C=O) groups excluding carboxylic acids is 4. The van der Waals surface area contributed by atoms with Crippen LogP contribution in [0.25, 0.3) is 0 Å². The predicted octanol–water partition coefficient (Wildman–Crippen LogP) is 1.88. The summed E-state index contributed by atoms with van der Waals surface area (Å²) in [6.45, 7) is 0.106. The van der Waals surface area contributed by atoms with Crippen molar-refractivity contribution in [3.05, 3.63) is 59.7 Å². The first kappa shape index (κ1) is 23.1. The molecule has 0 spiro atoms. The van der Waals surface area contributed by atoms with E-state index >= 15 is 0 Å². The molecule has 0 fully saturated rings. The second-order valence-corrected chi connectivity index (χ2v) is 7.05.